The van der Waals surface area contributed by atoms with Crippen molar-refractivity contribution in [3.8, 4) is 5.75 Å². The van der Waals surface area contributed by atoms with Gasteiger partial charge in [0.05, 0.1) is 17.4 Å². The number of ether oxygens (including phenoxy) is 5. The van der Waals surface area contributed by atoms with Crippen molar-refractivity contribution in [3.05, 3.63) is 42.5 Å². The van der Waals surface area contributed by atoms with E-state index >= 15 is 0 Å². The fraction of sp³-hybridized carbons (Fsp3) is 0.500. The van der Waals surface area contributed by atoms with Gasteiger partial charge in [0.15, 0.2) is 0 Å². The van der Waals surface area contributed by atoms with Crippen molar-refractivity contribution >= 4 is 30.0 Å². The van der Waals surface area contributed by atoms with Crippen molar-refractivity contribution in [1.82, 2.24) is 0 Å². The smallest absolute Gasteiger partial charge is 0.481 e. The number of carboxylic acids is 1. The minimum Gasteiger partial charge on any atom is -0.481 e. The van der Waals surface area contributed by atoms with Gasteiger partial charge in [-0.1, -0.05) is 6.58 Å². The molecule has 0 saturated heterocycles. The molecular weight excluding hydrogens is 488 g/mol. The number of carbonyl (C=O) groups excluding carboxylic acids is 4. The van der Waals surface area contributed by atoms with E-state index in [4.69, 9.17) is 19.3 Å². The van der Waals surface area contributed by atoms with E-state index in [1.54, 1.807) is 0 Å². The zero-order valence-corrected chi connectivity index (χ0v) is 20.3. The summed E-state index contributed by atoms with van der Waals surface area (Å²) in [7, 11) is 0. The monoisotopic (exact) mass is 518 g/mol. The van der Waals surface area contributed by atoms with Crippen molar-refractivity contribution in [2.24, 2.45) is 11.8 Å². The lowest BCUT2D eigenvalue weighted by Gasteiger charge is -2.26. The Morgan fingerprint density at radius 1 is 0.811 bits per heavy atom. The van der Waals surface area contributed by atoms with E-state index < -0.39 is 42.9 Å². The van der Waals surface area contributed by atoms with Gasteiger partial charge in [0.2, 0.25) is 6.79 Å². The summed E-state index contributed by atoms with van der Waals surface area (Å²) in [4.78, 5) is 58.5. The maximum atomic E-state index is 12.5. The molecule has 11 heteroatoms. The average molecular weight is 519 g/mol. The van der Waals surface area contributed by atoms with E-state index in [1.807, 2.05) is 0 Å². The zero-order chi connectivity index (χ0) is 26.8. The molecule has 1 aromatic rings. The number of aliphatic carboxylic acids is 1. The summed E-state index contributed by atoms with van der Waals surface area (Å²) in [5, 5.41) is 9.06. The van der Waals surface area contributed by atoms with Gasteiger partial charge in [-0.15, -0.1) is 0 Å². The van der Waals surface area contributed by atoms with Crippen LogP contribution >= 0.6 is 0 Å². The highest BCUT2D eigenvalue weighted by molar-refractivity contribution is 5.89. The molecule has 3 rings (SSSR count). The Hall–Kier alpha value is -3.89. The molecule has 0 spiro atoms. The second kappa shape index (κ2) is 13.4. The summed E-state index contributed by atoms with van der Waals surface area (Å²) in [6.07, 6.45) is 3.03. The second-order valence-electron chi connectivity index (χ2n) is 8.93. The van der Waals surface area contributed by atoms with Crippen LogP contribution in [0.4, 0.5) is 4.79 Å². The molecule has 2 aliphatic carbocycles. The number of benzene rings is 1. The summed E-state index contributed by atoms with van der Waals surface area (Å²) >= 11 is 0. The van der Waals surface area contributed by atoms with E-state index in [0.717, 1.165) is 6.08 Å². The Kier molecular flexibility index (Phi) is 10.0. The molecule has 0 radical (unpaired) electrons. The second-order valence-corrected chi connectivity index (χ2v) is 8.93. The number of carboxylic acid groups (broad SMARTS) is 1. The molecule has 1 aromatic carbocycles. The molecule has 0 aliphatic heterocycles. The molecule has 2 saturated carbocycles. The lowest BCUT2D eigenvalue weighted by Crippen LogP contribution is -2.30. The van der Waals surface area contributed by atoms with Gasteiger partial charge in [0.25, 0.3) is 0 Å². The van der Waals surface area contributed by atoms with Crippen LogP contribution in [0.15, 0.2) is 36.9 Å². The topological polar surface area (TPSA) is 152 Å². The van der Waals surface area contributed by atoms with E-state index in [2.05, 4.69) is 16.1 Å². The highest BCUT2D eigenvalue weighted by atomic mass is 16.8. The van der Waals surface area contributed by atoms with Gasteiger partial charge in [0, 0.05) is 6.08 Å². The van der Waals surface area contributed by atoms with Crippen LogP contribution in [0.3, 0.4) is 0 Å². The molecular formula is C26H30O11. The minimum atomic E-state index is -0.963. The molecule has 1 N–H and O–H groups in total. The third-order valence-electron chi connectivity index (χ3n) is 6.42. The minimum absolute atomic E-state index is 0.291. The molecule has 200 valence electrons. The van der Waals surface area contributed by atoms with Gasteiger partial charge in [0.1, 0.15) is 18.0 Å². The Morgan fingerprint density at radius 2 is 1.38 bits per heavy atom. The first-order valence-corrected chi connectivity index (χ1v) is 12.1. The number of hydrogen-bond donors (Lipinski definition) is 1. The fourth-order valence-electron chi connectivity index (χ4n) is 4.29. The predicted octanol–water partition coefficient (Wildman–Crippen LogP) is 3.79. The summed E-state index contributed by atoms with van der Waals surface area (Å²) in [6, 6.07) is 6.05. The number of esters is 3. The molecule has 2 aliphatic rings. The Balaban J connectivity index is 1.37. The fourth-order valence-corrected chi connectivity index (χ4v) is 4.29. The average Bonchev–Trinajstić information content (AvgIpc) is 2.89. The molecule has 0 heterocycles. The molecule has 37 heavy (non-hydrogen) atoms. The lowest BCUT2D eigenvalue weighted by atomic mass is 9.87. The van der Waals surface area contributed by atoms with Gasteiger partial charge >= 0.3 is 30.0 Å². The Labute approximate surface area is 213 Å². The first kappa shape index (κ1) is 27.7. The number of hydrogen-bond acceptors (Lipinski definition) is 10. The van der Waals surface area contributed by atoms with E-state index in [9.17, 15) is 24.0 Å². The molecule has 0 bridgehead atoms. The van der Waals surface area contributed by atoms with E-state index in [1.165, 1.54) is 24.3 Å². The van der Waals surface area contributed by atoms with Crippen LogP contribution in [0.1, 0.15) is 61.7 Å². The molecule has 0 amide bonds. The van der Waals surface area contributed by atoms with E-state index in [-0.39, 0.29) is 17.9 Å². The zero-order valence-electron chi connectivity index (χ0n) is 20.3. The van der Waals surface area contributed by atoms with Crippen LogP contribution in [-0.2, 0) is 33.3 Å². The first-order valence-electron chi connectivity index (χ1n) is 12.1. The molecule has 0 aromatic heterocycles. The quantitative estimate of drug-likeness (QED) is 0.167. The Bertz CT molecular complexity index is 984. The van der Waals surface area contributed by atoms with Crippen LogP contribution in [0.2, 0.25) is 0 Å². The maximum absolute atomic E-state index is 12.5. The summed E-state index contributed by atoms with van der Waals surface area (Å²) in [5.74, 6) is -2.92. The third-order valence-corrected chi connectivity index (χ3v) is 6.42. The third kappa shape index (κ3) is 8.62. The summed E-state index contributed by atoms with van der Waals surface area (Å²) in [6.45, 7) is 2.65. The standard InChI is InChI=1S/C26H30O11/c1-2-22(27)33-15-34-26(32)37-21-13-7-18(8-14-21)25(31)36-20-11-5-17(6-12-20)24(30)35-19-9-3-16(4-10-19)23(28)29/h2,5-6,11-12,16,18-19,21H,1,3-4,7-10,13-15H2,(H,28,29). The molecule has 0 atom stereocenters. The van der Waals surface area contributed by atoms with Crippen LogP contribution in [0.25, 0.3) is 0 Å². The van der Waals surface area contributed by atoms with Crippen molar-refractivity contribution in [2.75, 3.05) is 6.79 Å². The number of rotatable bonds is 9. The first-order chi connectivity index (χ1) is 17.7. The maximum Gasteiger partial charge on any atom is 0.511 e. The Morgan fingerprint density at radius 3 is 1.95 bits per heavy atom. The van der Waals surface area contributed by atoms with Gasteiger partial charge < -0.3 is 28.8 Å². The van der Waals surface area contributed by atoms with Crippen LogP contribution in [0, 0.1) is 11.8 Å². The van der Waals surface area contributed by atoms with Gasteiger partial charge in [-0.25, -0.2) is 14.4 Å². The number of carbonyl (C=O) groups is 5. The van der Waals surface area contributed by atoms with Crippen LogP contribution < -0.4 is 4.74 Å². The van der Waals surface area contributed by atoms with Crippen LogP contribution in [-0.4, -0.2) is 54.1 Å². The summed E-state index contributed by atoms with van der Waals surface area (Å²) < 4.78 is 25.3. The molecule has 0 unspecified atom stereocenters. The van der Waals surface area contributed by atoms with Crippen LogP contribution in [0.5, 0.6) is 5.75 Å². The largest absolute Gasteiger partial charge is 0.511 e. The molecule has 2 fully saturated rings. The van der Waals surface area contributed by atoms with E-state index in [0.29, 0.717) is 62.7 Å². The highest BCUT2D eigenvalue weighted by Crippen LogP contribution is 2.29. The van der Waals surface area contributed by atoms with Gasteiger partial charge in [-0.05, 0) is 75.6 Å². The predicted molar refractivity (Wildman–Crippen MR) is 125 cm³/mol. The van der Waals surface area contributed by atoms with Gasteiger partial charge in [-0.3, -0.25) is 9.59 Å². The van der Waals surface area contributed by atoms with Crippen molar-refractivity contribution in [2.45, 2.75) is 63.6 Å². The molecule has 11 nitrogen and oxygen atoms in total. The lowest BCUT2D eigenvalue weighted by molar-refractivity contribution is -0.148. The van der Waals surface area contributed by atoms with Crippen molar-refractivity contribution in [1.29, 1.82) is 0 Å². The van der Waals surface area contributed by atoms with Crippen molar-refractivity contribution < 1.29 is 52.8 Å². The van der Waals surface area contributed by atoms with Crippen molar-refractivity contribution in [3.63, 3.8) is 0 Å². The normalized spacial score (nSPS) is 23.1. The van der Waals surface area contributed by atoms with Gasteiger partial charge in [-0.2, -0.15) is 0 Å². The SMILES string of the molecule is C=CC(=O)OCOC(=O)OC1CCC(C(=O)Oc2ccc(C(=O)OC3CCC(C(=O)O)CC3)cc2)CC1. The summed E-state index contributed by atoms with van der Waals surface area (Å²) in [5.41, 5.74) is 0.309. The highest BCUT2D eigenvalue weighted by Gasteiger charge is 2.31.